The van der Waals surface area contributed by atoms with Crippen molar-refractivity contribution in [2.45, 2.75) is 58.8 Å². The van der Waals surface area contributed by atoms with E-state index < -0.39 is 0 Å². The van der Waals surface area contributed by atoms with Gasteiger partial charge in [-0.3, -0.25) is 0 Å². The van der Waals surface area contributed by atoms with Gasteiger partial charge in [-0.25, -0.2) is 0 Å². The lowest BCUT2D eigenvalue weighted by atomic mass is 9.78. The Balaban J connectivity index is 2.55. The van der Waals surface area contributed by atoms with E-state index in [0.29, 0.717) is 5.75 Å². The van der Waals surface area contributed by atoms with Gasteiger partial charge in [0.15, 0.2) is 0 Å². The zero-order valence-electron chi connectivity index (χ0n) is 16.3. The van der Waals surface area contributed by atoms with Crippen LogP contribution in [0, 0.1) is 0 Å². The van der Waals surface area contributed by atoms with E-state index in [4.69, 9.17) is 0 Å². The van der Waals surface area contributed by atoms with E-state index >= 15 is 0 Å². The molecule has 136 valence electrons. The van der Waals surface area contributed by atoms with Gasteiger partial charge in [-0.1, -0.05) is 71.9 Å². The van der Waals surface area contributed by atoms with Gasteiger partial charge < -0.3 is 15.5 Å². The van der Waals surface area contributed by atoms with Crippen LogP contribution in [0.3, 0.4) is 0 Å². The molecule has 0 fully saturated rings. The van der Waals surface area contributed by atoms with E-state index in [0.717, 1.165) is 28.8 Å². The van der Waals surface area contributed by atoms with E-state index in [-0.39, 0.29) is 17.6 Å². The highest BCUT2D eigenvalue weighted by Gasteiger charge is 2.26. The predicted molar refractivity (Wildman–Crippen MR) is 105 cm³/mol. The number of nitrogens with one attached hydrogen (secondary N) is 1. The predicted octanol–water partition coefficient (Wildman–Crippen LogP) is 4.94. The molecule has 0 unspecified atom stereocenters. The average Bonchev–Trinajstić information content (AvgIpc) is 2.48. The van der Waals surface area contributed by atoms with Crippen LogP contribution in [0.4, 0.5) is 5.69 Å². The molecular formula is C22H31NO2. The lowest BCUT2D eigenvalue weighted by molar-refractivity contribution is 0.325. The highest BCUT2D eigenvalue weighted by atomic mass is 16.3. The van der Waals surface area contributed by atoms with Crippen LogP contribution in [0.15, 0.2) is 36.4 Å². The first kappa shape index (κ1) is 19.3. The minimum atomic E-state index is -0.136. The second kappa shape index (κ2) is 7.09. The molecule has 2 aromatic rings. The lowest BCUT2D eigenvalue weighted by Crippen LogP contribution is -2.18. The van der Waals surface area contributed by atoms with Crippen molar-refractivity contribution in [2.75, 3.05) is 12.0 Å². The van der Waals surface area contributed by atoms with Crippen molar-refractivity contribution in [1.29, 1.82) is 0 Å². The van der Waals surface area contributed by atoms with Crippen molar-refractivity contribution in [3.63, 3.8) is 0 Å². The zero-order chi connectivity index (χ0) is 18.8. The fourth-order valence-electron chi connectivity index (χ4n) is 3.09. The number of aromatic hydroxyl groups is 1. The molecule has 0 bridgehead atoms. The topological polar surface area (TPSA) is 52.5 Å². The van der Waals surface area contributed by atoms with Crippen LogP contribution in [0.25, 0.3) is 0 Å². The average molecular weight is 341 g/mol. The highest BCUT2D eigenvalue weighted by molar-refractivity contribution is 5.55. The number of phenolic OH excluding ortho intramolecular Hbond substituents is 1. The number of aliphatic hydroxyl groups is 1. The number of aliphatic hydroxyl groups excluding tert-OH is 1. The van der Waals surface area contributed by atoms with Crippen LogP contribution in [0.5, 0.6) is 5.75 Å². The Hall–Kier alpha value is -2.00. The molecule has 25 heavy (non-hydrogen) atoms. The van der Waals surface area contributed by atoms with Crippen LogP contribution in [-0.2, 0) is 17.3 Å². The van der Waals surface area contributed by atoms with Gasteiger partial charge >= 0.3 is 0 Å². The molecule has 2 rings (SSSR count). The van der Waals surface area contributed by atoms with Gasteiger partial charge in [-0.2, -0.15) is 0 Å². The summed E-state index contributed by atoms with van der Waals surface area (Å²) in [7, 11) is 0. The van der Waals surface area contributed by atoms with E-state index in [1.807, 2.05) is 18.2 Å². The van der Waals surface area contributed by atoms with Crippen molar-refractivity contribution >= 4 is 5.69 Å². The van der Waals surface area contributed by atoms with Gasteiger partial charge in [0.25, 0.3) is 0 Å². The molecule has 0 aliphatic rings. The second-order valence-electron chi connectivity index (χ2n) is 8.71. The highest BCUT2D eigenvalue weighted by Crippen LogP contribution is 2.40. The number of hydrogen-bond donors (Lipinski definition) is 3. The van der Waals surface area contributed by atoms with Crippen LogP contribution >= 0.6 is 0 Å². The van der Waals surface area contributed by atoms with Crippen LogP contribution < -0.4 is 5.32 Å². The Morgan fingerprint density at radius 3 is 1.88 bits per heavy atom. The number of benzene rings is 2. The number of anilines is 1. The molecule has 0 saturated heterocycles. The molecule has 0 radical (unpaired) electrons. The smallest absolute Gasteiger partial charge is 0.123 e. The first-order chi connectivity index (χ1) is 11.5. The standard InChI is InChI=1S/C22H31NO2/c1-21(2,3)17-12-15(13-18(20(17)25)22(4,5)6)11-16-9-7-8-10-19(16)23-14-24/h7-10,12-13,23-25H,11,14H2,1-6H3. The Bertz CT molecular complexity index is 701. The maximum absolute atomic E-state index is 10.8. The number of para-hydroxylation sites is 1. The van der Waals surface area contributed by atoms with Gasteiger partial charge in [-0.05, 0) is 45.6 Å². The lowest BCUT2D eigenvalue weighted by Gasteiger charge is -2.28. The molecule has 0 aliphatic carbocycles. The Labute approximate surface area is 151 Å². The summed E-state index contributed by atoms with van der Waals surface area (Å²) in [6.45, 7) is 12.7. The first-order valence-electron chi connectivity index (χ1n) is 8.83. The second-order valence-corrected chi connectivity index (χ2v) is 8.71. The Kier molecular flexibility index (Phi) is 5.48. The monoisotopic (exact) mass is 341 g/mol. The normalized spacial score (nSPS) is 12.3. The van der Waals surface area contributed by atoms with E-state index in [1.165, 1.54) is 5.56 Å². The molecule has 0 saturated carbocycles. The molecule has 0 aliphatic heterocycles. The summed E-state index contributed by atoms with van der Waals surface area (Å²) in [5, 5.41) is 23.1. The van der Waals surface area contributed by atoms with E-state index in [9.17, 15) is 10.2 Å². The summed E-state index contributed by atoms with van der Waals surface area (Å²) in [5.74, 6) is 0.408. The molecular weight excluding hydrogens is 310 g/mol. The van der Waals surface area contributed by atoms with Crippen molar-refractivity contribution < 1.29 is 10.2 Å². The quantitative estimate of drug-likeness (QED) is 0.690. The fraction of sp³-hybridized carbons (Fsp3) is 0.455. The molecule has 0 aromatic heterocycles. The number of hydrogen-bond acceptors (Lipinski definition) is 3. The third-order valence-corrected chi connectivity index (χ3v) is 4.47. The zero-order valence-corrected chi connectivity index (χ0v) is 16.3. The number of phenols is 1. The number of rotatable bonds is 4. The summed E-state index contributed by atoms with van der Waals surface area (Å²) in [6, 6.07) is 12.2. The molecule has 3 N–H and O–H groups in total. The fourth-order valence-corrected chi connectivity index (χ4v) is 3.09. The minimum Gasteiger partial charge on any atom is -0.507 e. The molecule has 2 aromatic carbocycles. The Morgan fingerprint density at radius 2 is 1.40 bits per heavy atom. The largest absolute Gasteiger partial charge is 0.507 e. The maximum Gasteiger partial charge on any atom is 0.123 e. The van der Waals surface area contributed by atoms with E-state index in [1.54, 1.807) is 0 Å². The Morgan fingerprint density at radius 1 is 0.880 bits per heavy atom. The van der Waals surface area contributed by atoms with Gasteiger partial charge in [0, 0.05) is 5.69 Å². The van der Waals surface area contributed by atoms with Crippen molar-refractivity contribution in [3.8, 4) is 5.75 Å². The molecule has 3 nitrogen and oxygen atoms in total. The molecule has 3 heteroatoms. The minimum absolute atomic E-state index is 0.0902. The van der Waals surface area contributed by atoms with Crippen LogP contribution in [0.2, 0.25) is 0 Å². The summed E-state index contributed by atoms with van der Waals surface area (Å²) in [5.41, 5.74) is 4.91. The third kappa shape index (κ3) is 4.55. The van der Waals surface area contributed by atoms with Crippen LogP contribution in [0.1, 0.15) is 63.8 Å². The summed E-state index contributed by atoms with van der Waals surface area (Å²) in [4.78, 5) is 0. The molecule has 0 spiro atoms. The maximum atomic E-state index is 10.8. The van der Waals surface area contributed by atoms with Crippen molar-refractivity contribution in [1.82, 2.24) is 0 Å². The van der Waals surface area contributed by atoms with Crippen molar-refractivity contribution in [2.24, 2.45) is 0 Å². The van der Waals surface area contributed by atoms with E-state index in [2.05, 4.69) is 65.1 Å². The van der Waals surface area contributed by atoms with Gasteiger partial charge in [0.2, 0.25) is 0 Å². The molecule has 0 heterocycles. The summed E-state index contributed by atoms with van der Waals surface area (Å²) >= 11 is 0. The molecule has 0 amide bonds. The van der Waals surface area contributed by atoms with Gasteiger partial charge in [-0.15, -0.1) is 0 Å². The van der Waals surface area contributed by atoms with Gasteiger partial charge in [0.1, 0.15) is 12.5 Å². The summed E-state index contributed by atoms with van der Waals surface area (Å²) < 4.78 is 0. The van der Waals surface area contributed by atoms with Gasteiger partial charge in [0.05, 0.1) is 0 Å². The van der Waals surface area contributed by atoms with Crippen molar-refractivity contribution in [3.05, 3.63) is 58.7 Å². The SMILES string of the molecule is CC(C)(C)c1cc(Cc2ccccc2NCO)cc(C(C)(C)C)c1O. The first-order valence-corrected chi connectivity index (χ1v) is 8.83. The third-order valence-electron chi connectivity index (χ3n) is 4.47. The van der Waals surface area contributed by atoms with Crippen LogP contribution in [-0.4, -0.2) is 16.9 Å². The molecule has 0 atom stereocenters. The summed E-state index contributed by atoms with van der Waals surface area (Å²) in [6.07, 6.45) is 0.746.